The van der Waals surface area contributed by atoms with Gasteiger partial charge in [0.05, 0.1) is 47.0 Å². The fourth-order valence-corrected chi connectivity index (χ4v) is 8.99. The van der Waals surface area contributed by atoms with Crippen LogP contribution in [0, 0.1) is 13.8 Å². The molecule has 3 aromatic heterocycles. The van der Waals surface area contributed by atoms with Crippen LogP contribution in [0.4, 0.5) is 0 Å². The van der Waals surface area contributed by atoms with E-state index in [2.05, 4.69) is 146 Å². The third-order valence-corrected chi connectivity index (χ3v) is 12.1. The second-order valence-corrected chi connectivity index (χ2v) is 16.1. The highest BCUT2D eigenvalue weighted by atomic mass is 79.9. The Morgan fingerprint density at radius 1 is 0.554 bits per heavy atom. The number of nitrogens with zero attached hydrogens (tertiary/aromatic N) is 2. The van der Waals surface area contributed by atoms with Crippen molar-refractivity contribution in [2.75, 3.05) is 23.9 Å². The number of aromatic nitrogens is 4. The number of allylic oxidation sites excluding steroid dienone is 4. The summed E-state index contributed by atoms with van der Waals surface area (Å²) in [4.78, 5) is 19.1. The zero-order valence-corrected chi connectivity index (χ0v) is 37.1. The number of alkyl halides is 2. The molecule has 290 valence electrons. The molecular formula is C48H52Br2N4O2. The van der Waals surface area contributed by atoms with Gasteiger partial charge in [0.1, 0.15) is 11.5 Å². The highest BCUT2D eigenvalue weighted by molar-refractivity contribution is 9.09. The average molecular weight is 877 g/mol. The molecule has 0 aliphatic carbocycles. The van der Waals surface area contributed by atoms with Crippen LogP contribution in [0.15, 0.2) is 60.7 Å². The molecule has 0 fully saturated rings. The molecule has 5 heterocycles. The van der Waals surface area contributed by atoms with Crippen LogP contribution in [-0.4, -0.2) is 43.8 Å². The molecule has 6 nitrogen and oxygen atoms in total. The molecular weight excluding hydrogens is 824 g/mol. The Labute approximate surface area is 348 Å². The predicted octanol–water partition coefficient (Wildman–Crippen LogP) is 13.6. The van der Waals surface area contributed by atoms with Gasteiger partial charge in [0.25, 0.3) is 0 Å². The first-order valence-corrected chi connectivity index (χ1v) is 22.2. The van der Waals surface area contributed by atoms with Gasteiger partial charge in [-0.3, -0.25) is 0 Å². The zero-order valence-electron chi connectivity index (χ0n) is 33.9. The smallest absolute Gasteiger partial charge is 0.119 e. The molecule has 8 heteroatoms. The Bertz CT molecular complexity index is 2430. The van der Waals surface area contributed by atoms with Crippen molar-refractivity contribution < 1.29 is 9.47 Å². The molecule has 56 heavy (non-hydrogen) atoms. The molecule has 0 saturated heterocycles. The minimum absolute atomic E-state index is 0.586. The van der Waals surface area contributed by atoms with Crippen LogP contribution >= 0.6 is 31.9 Å². The van der Waals surface area contributed by atoms with Gasteiger partial charge in [-0.1, -0.05) is 83.8 Å². The van der Waals surface area contributed by atoms with E-state index in [1.165, 1.54) is 44.5 Å². The van der Waals surface area contributed by atoms with E-state index >= 15 is 0 Å². The Morgan fingerprint density at radius 3 is 1.38 bits per heavy atom. The standard InChI is InChI=1S/C48H52Br2N4O2/c1-9-35-27(5)45-43(31-15-13-17-33(23-31)55-21-19-49)46-29(7)37(11-3)41(53-46)26-42-38(12-4)30(8)48(54-42)44(32-16-14-18-34(24-32)56-22-20-50)47-28(6)36(10-2)40(52-47)25-39(35)51-45/h13-18,23-26,51,53H,9-12,19-22H2,1-8H3. The SMILES string of the molecule is CCC1=C(C)c2nc1cc1[nH]c(c(C)c1CC)c(-c1cccc(OCCBr)c1)c1[nH]c(cc3nc(c2-c2cccc(OCCBr)c2)C(C)=C3CC)c(CC)c1C. The van der Waals surface area contributed by atoms with Crippen molar-refractivity contribution in [2.45, 2.75) is 81.1 Å². The maximum Gasteiger partial charge on any atom is 0.119 e. The second-order valence-electron chi connectivity index (χ2n) is 14.5. The largest absolute Gasteiger partial charge is 0.493 e. The monoisotopic (exact) mass is 874 g/mol. The first kappa shape index (κ1) is 39.8. The van der Waals surface area contributed by atoms with Crippen LogP contribution in [-0.2, 0) is 12.8 Å². The maximum absolute atomic E-state index is 6.15. The third-order valence-electron chi connectivity index (χ3n) is 11.4. The summed E-state index contributed by atoms with van der Waals surface area (Å²) in [5.74, 6) is 1.68. The van der Waals surface area contributed by atoms with E-state index < -0.39 is 0 Å². The van der Waals surface area contributed by atoms with Gasteiger partial charge in [0.15, 0.2) is 0 Å². The van der Waals surface area contributed by atoms with E-state index in [1.807, 2.05) is 12.1 Å². The van der Waals surface area contributed by atoms with Crippen LogP contribution < -0.4 is 9.47 Å². The van der Waals surface area contributed by atoms with Crippen molar-refractivity contribution in [3.8, 4) is 33.8 Å². The summed E-state index contributed by atoms with van der Waals surface area (Å²) in [6, 6.07) is 21.5. The van der Waals surface area contributed by atoms with Gasteiger partial charge < -0.3 is 19.4 Å². The van der Waals surface area contributed by atoms with E-state index in [0.717, 1.165) is 115 Å². The van der Waals surface area contributed by atoms with Crippen LogP contribution in [0.1, 0.15) is 99.4 Å². The van der Waals surface area contributed by atoms with Crippen LogP contribution in [0.2, 0.25) is 0 Å². The number of benzene rings is 2. The number of fused-ring (bicyclic) bond motifs is 8. The lowest BCUT2D eigenvalue weighted by Crippen LogP contribution is -1.98. The van der Waals surface area contributed by atoms with E-state index in [-0.39, 0.29) is 0 Å². The van der Waals surface area contributed by atoms with Crippen LogP contribution in [0.3, 0.4) is 0 Å². The summed E-state index contributed by atoms with van der Waals surface area (Å²) in [6.07, 6.45) is 3.47. The van der Waals surface area contributed by atoms with Crippen molar-refractivity contribution in [2.24, 2.45) is 0 Å². The molecule has 8 bridgehead atoms. The van der Waals surface area contributed by atoms with Gasteiger partial charge in [-0.25, -0.2) is 9.97 Å². The molecule has 2 aromatic carbocycles. The molecule has 0 unspecified atom stereocenters. The summed E-state index contributed by atoms with van der Waals surface area (Å²) in [5, 5.41) is 1.53. The Balaban J connectivity index is 1.70. The Kier molecular flexibility index (Phi) is 12.1. The average Bonchev–Trinajstić information content (AvgIpc) is 3.89. The minimum Gasteiger partial charge on any atom is -0.493 e. The maximum atomic E-state index is 6.15. The molecule has 0 atom stereocenters. The first-order chi connectivity index (χ1) is 27.2. The first-order valence-electron chi connectivity index (χ1n) is 20.0. The topological polar surface area (TPSA) is 75.8 Å². The number of ether oxygens (including phenoxy) is 2. The van der Waals surface area contributed by atoms with E-state index in [0.29, 0.717) is 13.2 Å². The fourth-order valence-electron chi connectivity index (χ4n) is 8.67. The molecule has 2 N–H and O–H groups in total. The summed E-state index contributed by atoms with van der Waals surface area (Å²) in [7, 11) is 0. The lowest BCUT2D eigenvalue weighted by molar-refractivity contribution is 0.345. The van der Waals surface area contributed by atoms with Gasteiger partial charge in [-0.05, 0) is 145 Å². The summed E-state index contributed by atoms with van der Waals surface area (Å²) in [5.41, 5.74) is 22.5. The highest BCUT2D eigenvalue weighted by Crippen LogP contribution is 2.45. The summed E-state index contributed by atoms with van der Waals surface area (Å²) >= 11 is 7.06. The Morgan fingerprint density at radius 2 is 0.982 bits per heavy atom. The van der Waals surface area contributed by atoms with E-state index in [1.54, 1.807) is 0 Å². The normalized spacial score (nSPS) is 12.9. The molecule has 0 spiro atoms. The number of nitrogens with one attached hydrogen (secondary N) is 2. The van der Waals surface area contributed by atoms with Crippen molar-refractivity contribution in [3.05, 3.63) is 106 Å². The lowest BCUT2D eigenvalue weighted by atomic mass is 9.93. The van der Waals surface area contributed by atoms with Crippen molar-refractivity contribution in [1.82, 2.24) is 19.9 Å². The van der Waals surface area contributed by atoms with Crippen LogP contribution in [0.5, 0.6) is 11.5 Å². The number of H-pyrrole nitrogens is 2. The summed E-state index contributed by atoms with van der Waals surface area (Å²) < 4.78 is 12.3. The molecule has 2 aliphatic heterocycles. The zero-order chi connectivity index (χ0) is 39.7. The number of hydrogen-bond acceptors (Lipinski definition) is 4. The molecule has 0 radical (unpaired) electrons. The molecule has 0 saturated carbocycles. The van der Waals surface area contributed by atoms with Crippen molar-refractivity contribution in [1.29, 1.82) is 0 Å². The van der Waals surface area contributed by atoms with Gasteiger partial charge in [-0.15, -0.1) is 0 Å². The van der Waals surface area contributed by atoms with Crippen molar-refractivity contribution >= 4 is 76.2 Å². The van der Waals surface area contributed by atoms with Gasteiger partial charge in [0, 0.05) is 32.8 Å². The number of halogens is 2. The van der Waals surface area contributed by atoms with Crippen LogP contribution in [0.25, 0.3) is 66.6 Å². The van der Waals surface area contributed by atoms with E-state index in [9.17, 15) is 0 Å². The molecule has 0 amide bonds. The quantitative estimate of drug-likeness (QED) is 0.122. The van der Waals surface area contributed by atoms with E-state index in [4.69, 9.17) is 19.4 Å². The highest BCUT2D eigenvalue weighted by Gasteiger charge is 2.27. The molecule has 5 aromatic rings. The third kappa shape index (κ3) is 7.20. The Hall–Kier alpha value is -4.40. The lowest BCUT2D eigenvalue weighted by Gasteiger charge is -2.12. The van der Waals surface area contributed by atoms with Crippen molar-refractivity contribution in [3.63, 3.8) is 0 Å². The number of rotatable bonds is 12. The molecule has 2 aliphatic rings. The second kappa shape index (κ2) is 17.0. The number of aryl methyl sites for hydroxylation is 4. The molecule has 7 rings (SSSR count). The van der Waals surface area contributed by atoms with Gasteiger partial charge in [-0.2, -0.15) is 0 Å². The van der Waals surface area contributed by atoms with Gasteiger partial charge >= 0.3 is 0 Å². The number of hydrogen-bond donors (Lipinski definition) is 2. The minimum atomic E-state index is 0.586. The fraction of sp³-hybridized carbons (Fsp3) is 0.333. The van der Waals surface area contributed by atoms with Gasteiger partial charge in [0.2, 0.25) is 0 Å². The predicted molar refractivity (Wildman–Crippen MR) is 244 cm³/mol. The number of aromatic amines is 2. The summed E-state index contributed by atoms with van der Waals surface area (Å²) in [6.45, 7) is 19.1.